The highest BCUT2D eigenvalue weighted by molar-refractivity contribution is 5.55. The molecule has 1 heteroatoms. The highest BCUT2D eigenvalue weighted by Crippen LogP contribution is 2.67. The van der Waals surface area contributed by atoms with Crippen molar-refractivity contribution in [1.29, 1.82) is 0 Å². The van der Waals surface area contributed by atoms with Crippen molar-refractivity contribution < 1.29 is 4.79 Å². The van der Waals surface area contributed by atoms with Crippen LogP contribution in [0.1, 0.15) is 105 Å². The van der Waals surface area contributed by atoms with Gasteiger partial charge < -0.3 is 4.79 Å². The predicted molar refractivity (Wildman–Crippen MR) is 123 cm³/mol. The second-order valence-electron chi connectivity index (χ2n) is 12.4. The molecule has 29 heavy (non-hydrogen) atoms. The van der Waals surface area contributed by atoms with Crippen LogP contribution in [0.2, 0.25) is 0 Å². The van der Waals surface area contributed by atoms with Gasteiger partial charge in [-0.3, -0.25) is 0 Å². The van der Waals surface area contributed by atoms with E-state index in [-0.39, 0.29) is 0 Å². The van der Waals surface area contributed by atoms with Gasteiger partial charge in [0.05, 0.1) is 0 Å². The van der Waals surface area contributed by atoms with E-state index in [0.29, 0.717) is 16.7 Å². The molecule has 0 bridgehead atoms. The summed E-state index contributed by atoms with van der Waals surface area (Å²) in [5, 5.41) is 0. The molecule has 0 amide bonds. The number of fused-ring (bicyclic) bond motifs is 5. The van der Waals surface area contributed by atoms with Gasteiger partial charge in [-0.2, -0.15) is 0 Å². The first kappa shape index (κ1) is 21.6. The molecule has 4 aliphatic rings. The van der Waals surface area contributed by atoms with Gasteiger partial charge in [-0.1, -0.05) is 65.5 Å². The molecule has 4 unspecified atom stereocenters. The van der Waals surface area contributed by atoms with Gasteiger partial charge in [0, 0.05) is 5.92 Å². The molecule has 4 aliphatic carbocycles. The van der Waals surface area contributed by atoms with Crippen molar-refractivity contribution in [2.45, 2.75) is 105 Å². The van der Waals surface area contributed by atoms with Crippen molar-refractivity contribution in [3.63, 3.8) is 0 Å². The first-order chi connectivity index (χ1) is 13.8. The zero-order valence-electron chi connectivity index (χ0n) is 19.9. The SMILES string of the molecule is CC(C)CCCC(C)[C@H]1CCC2C3CC=C4C[C@@H](C=O)CC[C@]4(C)C3CC[C@@]21C. The van der Waals surface area contributed by atoms with Gasteiger partial charge in [0.25, 0.3) is 0 Å². The summed E-state index contributed by atoms with van der Waals surface area (Å²) < 4.78 is 0. The van der Waals surface area contributed by atoms with Gasteiger partial charge >= 0.3 is 0 Å². The van der Waals surface area contributed by atoms with Crippen molar-refractivity contribution in [2.24, 2.45) is 52.3 Å². The van der Waals surface area contributed by atoms with Crippen LogP contribution in [0.3, 0.4) is 0 Å². The minimum absolute atomic E-state index is 0.294. The molecule has 164 valence electrons. The molecule has 0 aliphatic heterocycles. The van der Waals surface area contributed by atoms with Gasteiger partial charge in [-0.25, -0.2) is 0 Å². The number of hydrogen-bond donors (Lipinski definition) is 0. The Kier molecular flexibility index (Phi) is 6.09. The van der Waals surface area contributed by atoms with Gasteiger partial charge in [0.15, 0.2) is 0 Å². The van der Waals surface area contributed by atoms with Crippen molar-refractivity contribution in [1.82, 2.24) is 0 Å². The maximum atomic E-state index is 11.4. The second kappa shape index (κ2) is 8.16. The smallest absolute Gasteiger partial charge is 0.123 e. The third-order valence-corrected chi connectivity index (χ3v) is 10.5. The fourth-order valence-electron chi connectivity index (χ4n) is 8.83. The number of rotatable bonds is 6. The zero-order chi connectivity index (χ0) is 20.8. The lowest BCUT2D eigenvalue weighted by Gasteiger charge is -2.58. The third kappa shape index (κ3) is 3.67. The molecular weight excluding hydrogens is 352 g/mol. The highest BCUT2D eigenvalue weighted by atomic mass is 16.1. The van der Waals surface area contributed by atoms with Gasteiger partial charge in [-0.05, 0) is 97.7 Å². The summed E-state index contributed by atoms with van der Waals surface area (Å²) in [5.41, 5.74) is 2.63. The Morgan fingerprint density at radius 1 is 1.03 bits per heavy atom. The van der Waals surface area contributed by atoms with E-state index in [1.807, 2.05) is 0 Å². The van der Waals surface area contributed by atoms with Crippen LogP contribution in [-0.4, -0.2) is 6.29 Å². The number of allylic oxidation sites excluding steroid dienone is 2. The van der Waals surface area contributed by atoms with Gasteiger partial charge in [0.1, 0.15) is 6.29 Å². The van der Waals surface area contributed by atoms with Crippen molar-refractivity contribution in [2.75, 3.05) is 0 Å². The van der Waals surface area contributed by atoms with E-state index in [1.165, 1.54) is 64.1 Å². The molecule has 3 saturated carbocycles. The lowest BCUT2D eigenvalue weighted by atomic mass is 9.46. The maximum Gasteiger partial charge on any atom is 0.123 e. The molecule has 0 N–H and O–H groups in total. The molecule has 8 atom stereocenters. The standard InChI is InChI=1S/C28H46O/c1-19(2)7-6-8-20(3)24-11-12-25-23-10-9-22-17-21(18-29)13-15-27(22,4)26(23)14-16-28(24,25)5/h9,18-21,23-26H,6-8,10-17H2,1-5H3/t20?,21-,23?,24+,25?,26?,27-,28+/m0/s1. The van der Waals surface area contributed by atoms with Crippen LogP contribution in [0.25, 0.3) is 0 Å². The summed E-state index contributed by atoms with van der Waals surface area (Å²) in [6.07, 6.45) is 18.7. The average Bonchev–Trinajstić information content (AvgIpc) is 3.04. The van der Waals surface area contributed by atoms with Crippen molar-refractivity contribution >= 4 is 6.29 Å². The zero-order valence-corrected chi connectivity index (χ0v) is 19.9. The van der Waals surface area contributed by atoms with E-state index in [9.17, 15) is 4.79 Å². The lowest BCUT2D eigenvalue weighted by molar-refractivity contribution is -0.112. The van der Waals surface area contributed by atoms with E-state index >= 15 is 0 Å². The van der Waals surface area contributed by atoms with Gasteiger partial charge in [-0.15, -0.1) is 0 Å². The normalized spacial score (nSPS) is 45.2. The number of hydrogen-bond acceptors (Lipinski definition) is 1. The summed E-state index contributed by atoms with van der Waals surface area (Å²) in [7, 11) is 0. The Hall–Kier alpha value is -0.590. The molecule has 0 spiro atoms. The minimum atomic E-state index is 0.294. The van der Waals surface area contributed by atoms with Crippen molar-refractivity contribution in [3.8, 4) is 0 Å². The first-order valence-electron chi connectivity index (χ1n) is 12.9. The summed E-state index contributed by atoms with van der Waals surface area (Å²) in [6.45, 7) is 12.6. The number of carbonyl (C=O) groups excluding carboxylic acids is 1. The summed E-state index contributed by atoms with van der Waals surface area (Å²) in [6, 6.07) is 0. The van der Waals surface area contributed by atoms with E-state index in [0.717, 1.165) is 48.3 Å². The number of carbonyl (C=O) groups is 1. The Balaban J connectivity index is 1.49. The van der Waals surface area contributed by atoms with E-state index in [4.69, 9.17) is 0 Å². The molecular formula is C28H46O. The Bertz CT molecular complexity index is 632. The Morgan fingerprint density at radius 2 is 1.83 bits per heavy atom. The maximum absolute atomic E-state index is 11.4. The molecule has 1 nitrogen and oxygen atoms in total. The third-order valence-electron chi connectivity index (χ3n) is 10.5. The number of aldehydes is 1. The summed E-state index contributed by atoms with van der Waals surface area (Å²) in [4.78, 5) is 11.4. The highest BCUT2D eigenvalue weighted by Gasteiger charge is 2.59. The summed E-state index contributed by atoms with van der Waals surface area (Å²) in [5.74, 6) is 5.71. The fourth-order valence-corrected chi connectivity index (χ4v) is 8.83. The van der Waals surface area contributed by atoms with Crippen LogP contribution < -0.4 is 0 Å². The molecule has 3 fully saturated rings. The average molecular weight is 399 g/mol. The van der Waals surface area contributed by atoms with Crippen LogP contribution in [0.4, 0.5) is 0 Å². The molecule has 0 aromatic heterocycles. The molecule has 0 saturated heterocycles. The Labute approximate surface area is 180 Å². The predicted octanol–water partition coefficient (Wildman–Crippen LogP) is 7.84. The van der Waals surface area contributed by atoms with Crippen LogP contribution in [-0.2, 0) is 4.79 Å². The van der Waals surface area contributed by atoms with E-state index in [2.05, 4.69) is 40.7 Å². The quantitative estimate of drug-likeness (QED) is 0.329. The molecule has 0 heterocycles. The van der Waals surface area contributed by atoms with Gasteiger partial charge in [0.2, 0.25) is 0 Å². The van der Waals surface area contributed by atoms with Crippen LogP contribution in [0.15, 0.2) is 11.6 Å². The first-order valence-corrected chi connectivity index (χ1v) is 12.9. The fraction of sp³-hybridized carbons (Fsp3) is 0.893. The van der Waals surface area contributed by atoms with Crippen LogP contribution >= 0.6 is 0 Å². The Morgan fingerprint density at radius 3 is 2.55 bits per heavy atom. The second-order valence-corrected chi connectivity index (χ2v) is 12.4. The van der Waals surface area contributed by atoms with Crippen molar-refractivity contribution in [3.05, 3.63) is 11.6 Å². The molecule has 0 aromatic carbocycles. The monoisotopic (exact) mass is 398 g/mol. The van der Waals surface area contributed by atoms with Crippen LogP contribution in [0, 0.1) is 52.3 Å². The van der Waals surface area contributed by atoms with E-state index < -0.39 is 0 Å². The molecule has 4 rings (SSSR count). The summed E-state index contributed by atoms with van der Waals surface area (Å²) >= 11 is 0. The lowest BCUT2D eigenvalue weighted by Crippen LogP contribution is -2.50. The van der Waals surface area contributed by atoms with Crippen LogP contribution in [0.5, 0.6) is 0 Å². The minimum Gasteiger partial charge on any atom is -0.303 e. The largest absolute Gasteiger partial charge is 0.303 e. The molecule has 0 radical (unpaired) electrons. The topological polar surface area (TPSA) is 17.1 Å². The molecule has 0 aromatic rings. The van der Waals surface area contributed by atoms with E-state index in [1.54, 1.807) is 5.57 Å².